The van der Waals surface area contributed by atoms with Crippen LogP contribution in [0.5, 0.6) is 5.75 Å². The van der Waals surface area contributed by atoms with Gasteiger partial charge in [0.1, 0.15) is 5.75 Å². The monoisotopic (exact) mass is 252 g/mol. The summed E-state index contributed by atoms with van der Waals surface area (Å²) in [4.78, 5) is 18.0. The molecule has 2 heterocycles. The average Bonchev–Trinajstić information content (AvgIpc) is 2.78. The zero-order chi connectivity index (χ0) is 12.3. The van der Waals surface area contributed by atoms with Crippen LogP contribution in [-0.4, -0.2) is 45.5 Å². The number of likely N-dealkylation sites (tertiary alicyclic amines) is 1. The molecule has 1 aliphatic heterocycles. The highest BCUT2D eigenvalue weighted by Gasteiger charge is 2.30. The minimum atomic E-state index is -0.153. The molecule has 1 amide bonds. The molecule has 1 aliphatic rings. The second-order valence-electron chi connectivity index (χ2n) is 4.12. The summed E-state index contributed by atoms with van der Waals surface area (Å²) in [5.41, 5.74) is 0.167. The second-order valence-corrected chi connectivity index (χ2v) is 5.03. The predicted molar refractivity (Wildman–Crippen MR) is 68.3 cm³/mol. The van der Waals surface area contributed by atoms with Crippen LogP contribution in [0.2, 0.25) is 0 Å². The maximum atomic E-state index is 12.2. The summed E-state index contributed by atoms with van der Waals surface area (Å²) in [5.74, 6) is 0.756. The number of hydrogen-bond acceptors (Lipinski definition) is 4. The maximum Gasteiger partial charge on any atom is 0.276 e. The molecule has 0 aliphatic carbocycles. The van der Waals surface area contributed by atoms with Gasteiger partial charge in [-0.05, 0) is 31.2 Å². The van der Waals surface area contributed by atoms with E-state index in [-0.39, 0.29) is 23.4 Å². The number of nitrogens with zero attached hydrogens (tertiary/aromatic N) is 2. The van der Waals surface area contributed by atoms with E-state index in [4.69, 9.17) is 0 Å². The van der Waals surface area contributed by atoms with Gasteiger partial charge in [0, 0.05) is 24.5 Å². The maximum absolute atomic E-state index is 12.2. The van der Waals surface area contributed by atoms with Crippen LogP contribution in [0.25, 0.3) is 0 Å². The number of pyridine rings is 1. The first-order valence-electron chi connectivity index (χ1n) is 5.68. The lowest BCUT2D eigenvalue weighted by Gasteiger charge is -2.23. The van der Waals surface area contributed by atoms with E-state index < -0.39 is 0 Å². The summed E-state index contributed by atoms with van der Waals surface area (Å²) in [5, 5.41) is 9.64. The normalized spacial score (nSPS) is 19.6. The van der Waals surface area contributed by atoms with E-state index in [2.05, 4.69) is 4.98 Å². The molecular weight excluding hydrogens is 236 g/mol. The highest BCUT2D eigenvalue weighted by molar-refractivity contribution is 7.98. The quantitative estimate of drug-likeness (QED) is 0.890. The Balaban J connectivity index is 2.17. The van der Waals surface area contributed by atoms with Crippen molar-refractivity contribution in [1.82, 2.24) is 9.88 Å². The van der Waals surface area contributed by atoms with Crippen LogP contribution in [0.3, 0.4) is 0 Å². The molecule has 4 nitrogen and oxygen atoms in total. The number of thioether (sulfide) groups is 1. The Morgan fingerprint density at radius 2 is 2.53 bits per heavy atom. The van der Waals surface area contributed by atoms with Gasteiger partial charge in [0.15, 0.2) is 5.69 Å². The number of carbonyl (C=O) groups excluding carboxylic acids is 1. The van der Waals surface area contributed by atoms with Crippen LogP contribution in [-0.2, 0) is 0 Å². The van der Waals surface area contributed by atoms with Gasteiger partial charge in [-0.2, -0.15) is 11.8 Å². The van der Waals surface area contributed by atoms with E-state index in [1.807, 2.05) is 11.2 Å². The van der Waals surface area contributed by atoms with Gasteiger partial charge in [-0.15, -0.1) is 0 Å². The van der Waals surface area contributed by atoms with Crippen molar-refractivity contribution in [2.24, 2.45) is 0 Å². The fraction of sp³-hybridized carbons (Fsp3) is 0.500. The molecule has 1 aromatic heterocycles. The zero-order valence-corrected chi connectivity index (χ0v) is 10.6. The minimum Gasteiger partial charge on any atom is -0.505 e. The first-order chi connectivity index (χ1) is 8.24. The first kappa shape index (κ1) is 12.2. The van der Waals surface area contributed by atoms with Crippen molar-refractivity contribution in [3.63, 3.8) is 0 Å². The van der Waals surface area contributed by atoms with Gasteiger partial charge < -0.3 is 10.0 Å². The molecule has 17 heavy (non-hydrogen) atoms. The Bertz CT molecular complexity index is 411. The van der Waals surface area contributed by atoms with Gasteiger partial charge in [-0.3, -0.25) is 4.79 Å². The SMILES string of the molecule is CSC[C@@H]1CCCN1C(=O)c1ncccc1O. The van der Waals surface area contributed by atoms with Crippen molar-refractivity contribution in [2.75, 3.05) is 18.6 Å². The molecule has 0 unspecified atom stereocenters. The van der Waals surface area contributed by atoms with E-state index in [1.165, 1.54) is 12.3 Å². The van der Waals surface area contributed by atoms with Crippen LogP contribution in [0.1, 0.15) is 23.3 Å². The Morgan fingerprint density at radius 1 is 1.71 bits per heavy atom. The topological polar surface area (TPSA) is 53.4 Å². The van der Waals surface area contributed by atoms with Crippen LogP contribution in [0.15, 0.2) is 18.3 Å². The molecular formula is C12H16N2O2S. The summed E-state index contributed by atoms with van der Waals surface area (Å²) in [7, 11) is 0. The second kappa shape index (κ2) is 5.40. The number of aromatic nitrogens is 1. The summed E-state index contributed by atoms with van der Waals surface area (Å²) >= 11 is 1.74. The van der Waals surface area contributed by atoms with Crippen molar-refractivity contribution in [3.05, 3.63) is 24.0 Å². The van der Waals surface area contributed by atoms with Gasteiger partial charge in [-0.1, -0.05) is 0 Å². The Labute approximate surface area is 105 Å². The van der Waals surface area contributed by atoms with E-state index in [1.54, 1.807) is 17.8 Å². The standard InChI is InChI=1S/C12H16N2O2S/c1-17-8-9-4-3-7-14(9)12(16)11-10(15)5-2-6-13-11/h2,5-6,9,15H,3-4,7-8H2,1H3/t9-/m0/s1. The van der Waals surface area contributed by atoms with Crippen molar-refractivity contribution < 1.29 is 9.90 Å². The minimum absolute atomic E-state index is 0.0349. The molecule has 0 saturated carbocycles. The molecule has 0 aromatic carbocycles. The van der Waals surface area contributed by atoms with Crippen molar-refractivity contribution in [3.8, 4) is 5.75 Å². The third-order valence-electron chi connectivity index (χ3n) is 2.99. The van der Waals surface area contributed by atoms with E-state index >= 15 is 0 Å². The summed E-state index contributed by atoms with van der Waals surface area (Å²) in [6.07, 6.45) is 5.65. The first-order valence-corrected chi connectivity index (χ1v) is 7.07. The molecule has 0 bridgehead atoms. The fourth-order valence-corrected chi connectivity index (χ4v) is 2.90. The third-order valence-corrected chi connectivity index (χ3v) is 3.70. The molecule has 1 N–H and O–H groups in total. The van der Waals surface area contributed by atoms with E-state index in [9.17, 15) is 9.90 Å². The smallest absolute Gasteiger partial charge is 0.276 e. The molecule has 0 radical (unpaired) electrons. The van der Waals surface area contributed by atoms with Crippen LogP contribution >= 0.6 is 11.8 Å². The number of rotatable bonds is 3. The van der Waals surface area contributed by atoms with Crippen molar-refractivity contribution in [1.29, 1.82) is 0 Å². The Hall–Kier alpha value is -1.23. The molecule has 1 saturated heterocycles. The fourth-order valence-electron chi connectivity index (χ4n) is 2.17. The summed E-state index contributed by atoms with van der Waals surface area (Å²) in [6, 6.07) is 3.40. The molecule has 1 atom stereocenters. The zero-order valence-electron chi connectivity index (χ0n) is 9.80. The lowest BCUT2D eigenvalue weighted by atomic mass is 10.2. The van der Waals surface area contributed by atoms with Crippen LogP contribution in [0, 0.1) is 0 Å². The van der Waals surface area contributed by atoms with Gasteiger partial charge in [0.2, 0.25) is 0 Å². The largest absolute Gasteiger partial charge is 0.505 e. The van der Waals surface area contributed by atoms with E-state index in [0.29, 0.717) is 0 Å². The predicted octanol–water partition coefficient (Wildman–Crippen LogP) is 1.75. The lowest BCUT2D eigenvalue weighted by Crippen LogP contribution is -2.37. The van der Waals surface area contributed by atoms with Gasteiger partial charge in [0.25, 0.3) is 5.91 Å². The summed E-state index contributed by atoms with van der Waals surface area (Å²) in [6.45, 7) is 0.764. The van der Waals surface area contributed by atoms with Crippen molar-refractivity contribution in [2.45, 2.75) is 18.9 Å². The Kier molecular flexibility index (Phi) is 3.89. The third kappa shape index (κ3) is 2.54. The van der Waals surface area contributed by atoms with Crippen LogP contribution in [0.4, 0.5) is 0 Å². The van der Waals surface area contributed by atoms with Gasteiger partial charge in [0.05, 0.1) is 0 Å². The van der Waals surface area contributed by atoms with Gasteiger partial charge in [-0.25, -0.2) is 4.98 Å². The molecule has 5 heteroatoms. The molecule has 92 valence electrons. The average molecular weight is 252 g/mol. The Morgan fingerprint density at radius 3 is 3.24 bits per heavy atom. The van der Waals surface area contributed by atoms with Crippen molar-refractivity contribution >= 4 is 17.7 Å². The highest BCUT2D eigenvalue weighted by Crippen LogP contribution is 2.24. The highest BCUT2D eigenvalue weighted by atomic mass is 32.2. The number of hydrogen-bond donors (Lipinski definition) is 1. The summed E-state index contributed by atoms with van der Waals surface area (Å²) < 4.78 is 0. The number of amides is 1. The molecule has 1 aromatic rings. The number of aromatic hydroxyl groups is 1. The molecule has 0 spiro atoms. The van der Waals surface area contributed by atoms with Crippen LogP contribution < -0.4 is 0 Å². The number of carbonyl (C=O) groups is 1. The lowest BCUT2D eigenvalue weighted by molar-refractivity contribution is 0.0740. The molecule has 2 rings (SSSR count). The van der Waals surface area contributed by atoms with E-state index in [0.717, 1.165) is 25.1 Å². The molecule has 1 fully saturated rings. The van der Waals surface area contributed by atoms with Gasteiger partial charge >= 0.3 is 0 Å².